The van der Waals surface area contributed by atoms with E-state index in [1.54, 1.807) is 12.1 Å². The van der Waals surface area contributed by atoms with Crippen molar-refractivity contribution in [2.75, 3.05) is 36.8 Å². The van der Waals surface area contributed by atoms with Crippen LogP contribution in [0.25, 0.3) is 0 Å². The average molecular weight is 310 g/mol. The minimum Gasteiger partial charge on any atom is -0.399 e. The Morgan fingerprint density at radius 3 is 2.30 bits per heavy atom. The van der Waals surface area contributed by atoms with Gasteiger partial charge in [0.2, 0.25) is 5.91 Å². The molecule has 1 amide bonds. The summed E-state index contributed by atoms with van der Waals surface area (Å²) in [5.74, 6) is -0.386. The topological polar surface area (TPSA) is 75.6 Å². The molecule has 0 aromatic heterocycles. The van der Waals surface area contributed by atoms with Gasteiger partial charge in [-0.2, -0.15) is 0 Å². The summed E-state index contributed by atoms with van der Waals surface area (Å²) in [6.45, 7) is 4.88. The molecule has 23 heavy (non-hydrogen) atoms. The lowest BCUT2D eigenvalue weighted by Crippen LogP contribution is -2.45. The molecule has 0 saturated carbocycles. The molecular weight excluding hydrogens is 288 g/mol. The average Bonchev–Trinajstić information content (AvgIpc) is 2.56. The zero-order valence-corrected chi connectivity index (χ0v) is 13.1. The van der Waals surface area contributed by atoms with Crippen LogP contribution in [0.5, 0.6) is 0 Å². The second kappa shape index (κ2) is 6.71. The number of nitrogens with two attached hydrogens (primary N) is 2. The van der Waals surface area contributed by atoms with Crippen LogP contribution in [0.1, 0.15) is 15.9 Å². The van der Waals surface area contributed by atoms with Crippen molar-refractivity contribution in [1.82, 2.24) is 4.90 Å². The van der Waals surface area contributed by atoms with Gasteiger partial charge < -0.3 is 16.4 Å². The van der Waals surface area contributed by atoms with Crippen LogP contribution in [-0.4, -0.2) is 37.0 Å². The monoisotopic (exact) mass is 310 g/mol. The standard InChI is InChI=1S/C18H22N4O/c19-16-3-1-2-14(12-16)13-21-8-10-22(11-9-21)17-6-4-15(5-7-17)18(20)23/h1-7,12H,8-11,13,19H2,(H2,20,23). The molecule has 0 aliphatic carbocycles. The van der Waals surface area contributed by atoms with E-state index in [4.69, 9.17) is 11.5 Å². The Morgan fingerprint density at radius 1 is 1.00 bits per heavy atom. The van der Waals surface area contributed by atoms with E-state index >= 15 is 0 Å². The number of rotatable bonds is 4. The van der Waals surface area contributed by atoms with Crippen LogP contribution in [0.4, 0.5) is 11.4 Å². The Kier molecular flexibility index (Phi) is 4.48. The van der Waals surface area contributed by atoms with E-state index in [0.717, 1.165) is 44.1 Å². The van der Waals surface area contributed by atoms with E-state index in [1.165, 1.54) is 5.56 Å². The fourth-order valence-corrected chi connectivity index (χ4v) is 2.95. The molecule has 1 saturated heterocycles. The van der Waals surface area contributed by atoms with Gasteiger partial charge in [0.15, 0.2) is 0 Å². The number of carbonyl (C=O) groups is 1. The molecule has 0 bridgehead atoms. The smallest absolute Gasteiger partial charge is 0.248 e. The number of anilines is 2. The normalized spacial score (nSPS) is 15.6. The van der Waals surface area contributed by atoms with Crippen molar-refractivity contribution in [3.8, 4) is 0 Å². The highest BCUT2D eigenvalue weighted by Crippen LogP contribution is 2.18. The number of piperazine rings is 1. The molecule has 2 aromatic rings. The summed E-state index contributed by atoms with van der Waals surface area (Å²) in [7, 11) is 0. The molecule has 120 valence electrons. The molecule has 0 atom stereocenters. The largest absolute Gasteiger partial charge is 0.399 e. The molecule has 0 spiro atoms. The van der Waals surface area contributed by atoms with Gasteiger partial charge in [0, 0.05) is 49.7 Å². The lowest BCUT2D eigenvalue weighted by atomic mass is 10.1. The number of amides is 1. The van der Waals surface area contributed by atoms with Crippen molar-refractivity contribution in [1.29, 1.82) is 0 Å². The van der Waals surface area contributed by atoms with E-state index in [-0.39, 0.29) is 5.91 Å². The maximum Gasteiger partial charge on any atom is 0.248 e. The number of primary amides is 1. The van der Waals surface area contributed by atoms with Crippen LogP contribution < -0.4 is 16.4 Å². The fraction of sp³-hybridized carbons (Fsp3) is 0.278. The fourth-order valence-electron chi connectivity index (χ4n) is 2.95. The van der Waals surface area contributed by atoms with Gasteiger partial charge in [-0.15, -0.1) is 0 Å². The van der Waals surface area contributed by atoms with Gasteiger partial charge in [-0.25, -0.2) is 0 Å². The van der Waals surface area contributed by atoms with Gasteiger partial charge in [0.05, 0.1) is 0 Å². The van der Waals surface area contributed by atoms with Crippen molar-refractivity contribution < 1.29 is 4.79 Å². The Bertz CT molecular complexity index is 676. The number of hydrogen-bond acceptors (Lipinski definition) is 4. The van der Waals surface area contributed by atoms with Crippen molar-refractivity contribution >= 4 is 17.3 Å². The summed E-state index contributed by atoms with van der Waals surface area (Å²) in [4.78, 5) is 15.9. The molecule has 0 unspecified atom stereocenters. The molecule has 1 heterocycles. The predicted octanol–water partition coefficient (Wildman–Crippen LogP) is 1.69. The van der Waals surface area contributed by atoms with Crippen LogP contribution in [0.2, 0.25) is 0 Å². The Hall–Kier alpha value is -2.53. The van der Waals surface area contributed by atoms with Gasteiger partial charge in [0.25, 0.3) is 0 Å². The predicted molar refractivity (Wildman–Crippen MR) is 93.3 cm³/mol. The molecule has 1 aliphatic rings. The summed E-state index contributed by atoms with van der Waals surface area (Å²) >= 11 is 0. The first-order chi connectivity index (χ1) is 11.1. The Balaban J connectivity index is 1.56. The zero-order chi connectivity index (χ0) is 16.2. The van der Waals surface area contributed by atoms with Gasteiger partial charge in [0.1, 0.15) is 0 Å². The zero-order valence-electron chi connectivity index (χ0n) is 13.1. The highest BCUT2D eigenvalue weighted by Gasteiger charge is 2.17. The number of nitrogens with zero attached hydrogens (tertiary/aromatic N) is 2. The lowest BCUT2D eigenvalue weighted by molar-refractivity contribution is 0.100. The second-order valence-corrected chi connectivity index (χ2v) is 5.92. The third-order valence-electron chi connectivity index (χ3n) is 4.25. The third kappa shape index (κ3) is 3.81. The van der Waals surface area contributed by atoms with Crippen molar-refractivity contribution in [2.45, 2.75) is 6.54 Å². The maximum absolute atomic E-state index is 11.1. The molecule has 5 nitrogen and oxygen atoms in total. The molecule has 1 aliphatic heterocycles. The summed E-state index contributed by atoms with van der Waals surface area (Å²) in [5, 5.41) is 0. The van der Waals surface area contributed by atoms with Gasteiger partial charge >= 0.3 is 0 Å². The van der Waals surface area contributed by atoms with Crippen LogP contribution in [0.15, 0.2) is 48.5 Å². The van der Waals surface area contributed by atoms with Gasteiger partial charge in [-0.05, 0) is 42.0 Å². The van der Waals surface area contributed by atoms with Crippen LogP contribution in [-0.2, 0) is 6.54 Å². The third-order valence-corrected chi connectivity index (χ3v) is 4.25. The van der Waals surface area contributed by atoms with E-state index in [2.05, 4.69) is 15.9 Å². The first-order valence-electron chi connectivity index (χ1n) is 7.83. The summed E-state index contributed by atoms with van der Waals surface area (Å²) in [6.07, 6.45) is 0. The summed E-state index contributed by atoms with van der Waals surface area (Å²) < 4.78 is 0. The first kappa shape index (κ1) is 15.4. The molecule has 0 radical (unpaired) electrons. The molecule has 1 fully saturated rings. The van der Waals surface area contributed by atoms with Crippen molar-refractivity contribution in [3.05, 3.63) is 59.7 Å². The van der Waals surface area contributed by atoms with Crippen molar-refractivity contribution in [3.63, 3.8) is 0 Å². The van der Waals surface area contributed by atoms with E-state index in [1.807, 2.05) is 30.3 Å². The maximum atomic E-state index is 11.1. The van der Waals surface area contributed by atoms with E-state index in [0.29, 0.717) is 5.56 Å². The number of benzene rings is 2. The van der Waals surface area contributed by atoms with Crippen LogP contribution in [0.3, 0.4) is 0 Å². The molecular formula is C18H22N4O. The van der Waals surface area contributed by atoms with Crippen LogP contribution in [0, 0.1) is 0 Å². The van der Waals surface area contributed by atoms with E-state index < -0.39 is 0 Å². The number of hydrogen-bond donors (Lipinski definition) is 2. The minimum atomic E-state index is -0.386. The SMILES string of the molecule is NC(=O)c1ccc(N2CCN(Cc3cccc(N)c3)CC2)cc1. The van der Waals surface area contributed by atoms with Gasteiger partial charge in [-0.3, -0.25) is 9.69 Å². The Morgan fingerprint density at radius 2 is 1.70 bits per heavy atom. The quantitative estimate of drug-likeness (QED) is 0.843. The van der Waals surface area contributed by atoms with Crippen LogP contribution >= 0.6 is 0 Å². The lowest BCUT2D eigenvalue weighted by Gasteiger charge is -2.36. The van der Waals surface area contributed by atoms with E-state index in [9.17, 15) is 4.79 Å². The van der Waals surface area contributed by atoms with Crippen molar-refractivity contribution in [2.24, 2.45) is 5.73 Å². The minimum absolute atomic E-state index is 0.386. The first-order valence-corrected chi connectivity index (χ1v) is 7.83. The highest BCUT2D eigenvalue weighted by molar-refractivity contribution is 5.93. The summed E-state index contributed by atoms with van der Waals surface area (Å²) in [6, 6.07) is 15.6. The molecule has 2 aromatic carbocycles. The Labute approximate surface area is 136 Å². The molecule has 4 N–H and O–H groups in total. The molecule has 3 rings (SSSR count). The number of nitrogen functional groups attached to an aromatic ring is 1. The van der Waals surface area contributed by atoms with Gasteiger partial charge in [-0.1, -0.05) is 12.1 Å². The highest BCUT2D eigenvalue weighted by atomic mass is 16.1. The second-order valence-electron chi connectivity index (χ2n) is 5.92. The summed E-state index contributed by atoms with van der Waals surface area (Å²) in [5.41, 5.74) is 14.9. The molecule has 5 heteroatoms. The number of carbonyl (C=O) groups excluding carboxylic acids is 1.